The van der Waals surface area contributed by atoms with Crippen molar-refractivity contribution < 1.29 is 22.0 Å². The van der Waals surface area contributed by atoms with Crippen LogP contribution in [0.15, 0.2) is 77.8 Å². The van der Waals surface area contributed by atoms with E-state index in [2.05, 4.69) is 9.71 Å². The Kier molecular flexibility index (Phi) is 7.56. The number of carbonyl (C=O) groups is 1. The minimum Gasteiger partial charge on any atom is -0.336 e. The van der Waals surface area contributed by atoms with Crippen LogP contribution in [-0.2, 0) is 23.1 Å². The highest BCUT2D eigenvalue weighted by Crippen LogP contribution is 2.26. The lowest BCUT2D eigenvalue weighted by Crippen LogP contribution is -2.48. The Balaban J connectivity index is 1.28. The normalized spacial score (nSPS) is 14.5. The molecule has 1 aliphatic rings. The van der Waals surface area contributed by atoms with Gasteiger partial charge in [-0.25, -0.2) is 17.2 Å². The SMILES string of the molecule is NCc1cc(C(=O)N2CCN(Cc3cc(F)cc(F)c3)CC2)ccc1NS(=O)(=O)c1cccc2cccnc12. The lowest BCUT2D eigenvalue weighted by molar-refractivity contribution is 0.0628. The number of hydrogen-bond donors (Lipinski definition) is 2. The van der Waals surface area contributed by atoms with Crippen molar-refractivity contribution in [1.82, 2.24) is 14.8 Å². The second kappa shape index (κ2) is 11.0. The number of hydrogen-bond acceptors (Lipinski definition) is 6. The molecule has 1 aromatic heterocycles. The fraction of sp³-hybridized carbons (Fsp3) is 0.214. The van der Waals surface area contributed by atoms with Crippen LogP contribution in [0.1, 0.15) is 21.5 Å². The molecular formula is C28H27F2N5O3S. The molecule has 5 rings (SSSR count). The molecule has 0 spiro atoms. The first-order chi connectivity index (χ1) is 18.7. The number of nitrogens with two attached hydrogens (primary N) is 1. The first-order valence-corrected chi connectivity index (χ1v) is 13.9. The minimum absolute atomic E-state index is 0.0186. The number of nitrogens with one attached hydrogen (secondary N) is 1. The van der Waals surface area contributed by atoms with Crippen molar-refractivity contribution in [2.75, 3.05) is 30.9 Å². The van der Waals surface area contributed by atoms with Gasteiger partial charge in [-0.05, 0) is 53.6 Å². The van der Waals surface area contributed by atoms with Crippen molar-refractivity contribution in [2.45, 2.75) is 18.0 Å². The fourth-order valence-corrected chi connectivity index (χ4v) is 6.02. The lowest BCUT2D eigenvalue weighted by atomic mass is 10.1. The van der Waals surface area contributed by atoms with Gasteiger partial charge in [0.15, 0.2) is 0 Å². The van der Waals surface area contributed by atoms with E-state index in [1.165, 1.54) is 24.4 Å². The second-order valence-electron chi connectivity index (χ2n) is 9.36. The molecule has 3 aromatic carbocycles. The van der Waals surface area contributed by atoms with E-state index in [9.17, 15) is 22.0 Å². The number of carbonyl (C=O) groups excluding carboxylic acids is 1. The van der Waals surface area contributed by atoms with Crippen molar-refractivity contribution in [3.05, 3.63) is 101 Å². The van der Waals surface area contributed by atoms with Gasteiger partial charge in [0.25, 0.3) is 15.9 Å². The molecule has 202 valence electrons. The number of anilines is 1. The number of piperazine rings is 1. The summed E-state index contributed by atoms with van der Waals surface area (Å²) in [6.45, 7) is 2.38. The zero-order valence-electron chi connectivity index (χ0n) is 21.0. The van der Waals surface area contributed by atoms with Crippen molar-refractivity contribution in [2.24, 2.45) is 5.73 Å². The summed E-state index contributed by atoms with van der Waals surface area (Å²) in [4.78, 5) is 21.2. The van der Waals surface area contributed by atoms with Crippen LogP contribution in [0.4, 0.5) is 14.5 Å². The highest BCUT2D eigenvalue weighted by atomic mass is 32.2. The maximum absolute atomic E-state index is 13.5. The van der Waals surface area contributed by atoms with Gasteiger partial charge in [-0.3, -0.25) is 19.4 Å². The van der Waals surface area contributed by atoms with E-state index in [1.54, 1.807) is 47.4 Å². The summed E-state index contributed by atoms with van der Waals surface area (Å²) in [7, 11) is -3.98. The molecular weight excluding hydrogens is 524 g/mol. The van der Waals surface area contributed by atoms with Crippen molar-refractivity contribution in [3.63, 3.8) is 0 Å². The molecule has 3 N–H and O–H groups in total. The molecule has 0 radical (unpaired) electrons. The Morgan fingerprint density at radius 2 is 1.67 bits per heavy atom. The summed E-state index contributed by atoms with van der Waals surface area (Å²) in [5.41, 5.74) is 7.98. The summed E-state index contributed by atoms with van der Waals surface area (Å²) < 4.78 is 56.1. The molecule has 0 saturated carbocycles. The lowest BCUT2D eigenvalue weighted by Gasteiger charge is -2.35. The monoisotopic (exact) mass is 551 g/mol. The topological polar surface area (TPSA) is 109 Å². The fourth-order valence-electron chi connectivity index (χ4n) is 4.74. The molecule has 1 saturated heterocycles. The van der Waals surface area contributed by atoms with E-state index in [-0.39, 0.29) is 23.0 Å². The smallest absolute Gasteiger partial charge is 0.264 e. The Morgan fingerprint density at radius 3 is 2.38 bits per heavy atom. The van der Waals surface area contributed by atoms with Gasteiger partial charge in [-0.1, -0.05) is 18.2 Å². The zero-order valence-corrected chi connectivity index (χ0v) is 21.8. The van der Waals surface area contributed by atoms with Gasteiger partial charge in [-0.15, -0.1) is 0 Å². The van der Waals surface area contributed by atoms with Crippen LogP contribution in [0.5, 0.6) is 0 Å². The van der Waals surface area contributed by atoms with Gasteiger partial charge in [0.2, 0.25) is 0 Å². The van der Waals surface area contributed by atoms with Crippen LogP contribution in [0, 0.1) is 11.6 Å². The van der Waals surface area contributed by atoms with Crippen molar-refractivity contribution in [3.8, 4) is 0 Å². The maximum atomic E-state index is 13.5. The maximum Gasteiger partial charge on any atom is 0.264 e. The van der Waals surface area contributed by atoms with Crippen molar-refractivity contribution >= 4 is 32.5 Å². The average Bonchev–Trinajstić information content (AvgIpc) is 2.92. The Morgan fingerprint density at radius 1 is 0.949 bits per heavy atom. The van der Waals surface area contributed by atoms with Gasteiger partial charge >= 0.3 is 0 Å². The third kappa shape index (κ3) is 5.90. The third-order valence-electron chi connectivity index (χ3n) is 6.69. The van der Waals surface area contributed by atoms with E-state index in [1.807, 2.05) is 4.90 Å². The number of benzene rings is 3. The highest BCUT2D eigenvalue weighted by Gasteiger charge is 2.24. The molecule has 0 bridgehead atoms. The molecule has 0 unspecified atom stereocenters. The molecule has 1 fully saturated rings. The summed E-state index contributed by atoms with van der Waals surface area (Å²) >= 11 is 0. The summed E-state index contributed by atoms with van der Waals surface area (Å²) in [6.07, 6.45) is 1.54. The second-order valence-corrected chi connectivity index (χ2v) is 11.0. The number of sulfonamides is 1. The summed E-state index contributed by atoms with van der Waals surface area (Å²) in [5.74, 6) is -1.43. The van der Waals surface area contributed by atoms with Gasteiger partial charge in [0.1, 0.15) is 16.5 Å². The molecule has 1 amide bonds. The molecule has 4 aromatic rings. The Hall–Kier alpha value is -3.93. The highest BCUT2D eigenvalue weighted by molar-refractivity contribution is 7.93. The Bertz CT molecular complexity index is 1610. The number of nitrogens with zero attached hydrogens (tertiary/aromatic N) is 3. The number of aromatic nitrogens is 1. The molecule has 1 aliphatic heterocycles. The van der Waals surface area contributed by atoms with Crippen LogP contribution >= 0.6 is 0 Å². The molecule has 0 atom stereocenters. The van der Waals surface area contributed by atoms with E-state index in [0.29, 0.717) is 60.3 Å². The molecule has 11 heteroatoms. The number of para-hydroxylation sites is 1. The van der Waals surface area contributed by atoms with E-state index < -0.39 is 21.7 Å². The number of pyridine rings is 1. The molecule has 0 aliphatic carbocycles. The number of amides is 1. The van der Waals surface area contributed by atoms with Crippen LogP contribution in [0.3, 0.4) is 0 Å². The quantitative estimate of drug-likeness (QED) is 0.362. The largest absolute Gasteiger partial charge is 0.336 e. The molecule has 2 heterocycles. The first kappa shape index (κ1) is 26.7. The van der Waals surface area contributed by atoms with Crippen molar-refractivity contribution in [1.29, 1.82) is 0 Å². The van der Waals surface area contributed by atoms with Gasteiger partial charge in [0, 0.05) is 62.5 Å². The van der Waals surface area contributed by atoms with Crippen LogP contribution in [0.25, 0.3) is 10.9 Å². The number of halogens is 2. The number of rotatable bonds is 7. The van der Waals surface area contributed by atoms with Crippen LogP contribution < -0.4 is 10.5 Å². The third-order valence-corrected chi connectivity index (χ3v) is 8.09. The van der Waals surface area contributed by atoms with Gasteiger partial charge in [0.05, 0.1) is 11.2 Å². The van der Waals surface area contributed by atoms with Gasteiger partial charge < -0.3 is 10.6 Å². The average molecular weight is 552 g/mol. The van der Waals surface area contributed by atoms with Crippen LogP contribution in [0.2, 0.25) is 0 Å². The van der Waals surface area contributed by atoms with Gasteiger partial charge in [-0.2, -0.15) is 0 Å². The van der Waals surface area contributed by atoms with E-state index in [0.717, 1.165) is 6.07 Å². The Labute approximate surface area is 225 Å². The molecule has 39 heavy (non-hydrogen) atoms. The summed E-state index contributed by atoms with van der Waals surface area (Å²) in [6, 6.07) is 16.6. The first-order valence-electron chi connectivity index (χ1n) is 12.4. The summed E-state index contributed by atoms with van der Waals surface area (Å²) in [5, 5.41) is 0.698. The van der Waals surface area contributed by atoms with E-state index in [4.69, 9.17) is 5.73 Å². The zero-order chi connectivity index (χ0) is 27.6. The van der Waals surface area contributed by atoms with Crippen LogP contribution in [-0.4, -0.2) is 55.3 Å². The minimum atomic E-state index is -3.98. The van der Waals surface area contributed by atoms with E-state index >= 15 is 0 Å². The molecule has 8 nitrogen and oxygen atoms in total. The standard InChI is InChI=1S/C28H27F2N5O3S/c29-23-13-19(14-24(30)16-23)18-34-9-11-35(12-10-34)28(36)21-6-7-25(22(15-21)17-31)33-39(37,38)26-5-1-3-20-4-2-8-32-27(20)26/h1-8,13-16,33H,9-12,17-18,31H2. The predicted molar refractivity (Wildman–Crippen MR) is 144 cm³/mol. The predicted octanol–water partition coefficient (Wildman–Crippen LogP) is 3.73. The number of fused-ring (bicyclic) bond motifs is 1.